The van der Waals surface area contributed by atoms with Crippen molar-refractivity contribution in [3.63, 3.8) is 0 Å². The molecule has 1 N–H and O–H groups in total. The molecule has 2 heteroatoms. The summed E-state index contributed by atoms with van der Waals surface area (Å²) < 4.78 is 0. The van der Waals surface area contributed by atoms with Crippen LogP contribution in [0.15, 0.2) is 24.3 Å². The molecular formula is C13H21NO. The Morgan fingerprint density at radius 3 is 2.47 bits per heavy atom. The standard InChI is InChI=1S/C13H21NO/c1-4-8-11(3)14(5-2)12-9-6-7-10-13(12)15/h6-7,9-11,15H,4-5,8H2,1-3H3. The highest BCUT2D eigenvalue weighted by molar-refractivity contribution is 5.58. The second-order valence-corrected chi connectivity index (χ2v) is 3.91. The Kier molecular flexibility index (Phi) is 4.47. The molecule has 84 valence electrons. The second kappa shape index (κ2) is 5.64. The first-order valence-electron chi connectivity index (χ1n) is 5.75. The minimum absolute atomic E-state index is 0.377. The average Bonchev–Trinajstić information content (AvgIpc) is 2.22. The fourth-order valence-corrected chi connectivity index (χ4v) is 2.00. The number of rotatable bonds is 5. The van der Waals surface area contributed by atoms with Gasteiger partial charge in [0.1, 0.15) is 5.75 Å². The molecule has 1 unspecified atom stereocenters. The zero-order valence-electron chi connectivity index (χ0n) is 9.90. The quantitative estimate of drug-likeness (QED) is 0.799. The maximum Gasteiger partial charge on any atom is 0.138 e. The normalized spacial score (nSPS) is 12.5. The van der Waals surface area contributed by atoms with Crippen LogP contribution in [0.3, 0.4) is 0 Å². The fourth-order valence-electron chi connectivity index (χ4n) is 2.00. The summed E-state index contributed by atoms with van der Waals surface area (Å²) in [7, 11) is 0. The van der Waals surface area contributed by atoms with Crippen LogP contribution in [-0.2, 0) is 0 Å². The van der Waals surface area contributed by atoms with Crippen molar-refractivity contribution < 1.29 is 5.11 Å². The van der Waals surface area contributed by atoms with Gasteiger partial charge in [-0.2, -0.15) is 0 Å². The summed E-state index contributed by atoms with van der Waals surface area (Å²) in [4.78, 5) is 2.25. The van der Waals surface area contributed by atoms with Crippen molar-refractivity contribution in [1.29, 1.82) is 0 Å². The van der Waals surface area contributed by atoms with Crippen LogP contribution in [0, 0.1) is 0 Å². The largest absolute Gasteiger partial charge is 0.506 e. The number of benzene rings is 1. The maximum absolute atomic E-state index is 9.79. The highest BCUT2D eigenvalue weighted by atomic mass is 16.3. The Bertz CT molecular complexity index is 298. The third-order valence-electron chi connectivity index (χ3n) is 2.77. The van der Waals surface area contributed by atoms with Gasteiger partial charge in [0, 0.05) is 12.6 Å². The highest BCUT2D eigenvalue weighted by Gasteiger charge is 2.14. The lowest BCUT2D eigenvalue weighted by atomic mass is 10.1. The van der Waals surface area contributed by atoms with E-state index in [-0.39, 0.29) is 0 Å². The summed E-state index contributed by atoms with van der Waals surface area (Å²) in [5.41, 5.74) is 0.945. The van der Waals surface area contributed by atoms with E-state index in [0.717, 1.165) is 18.7 Å². The molecule has 15 heavy (non-hydrogen) atoms. The van der Waals surface area contributed by atoms with E-state index in [1.807, 2.05) is 18.2 Å². The number of hydrogen-bond donors (Lipinski definition) is 1. The molecule has 0 saturated heterocycles. The first-order chi connectivity index (χ1) is 7.20. The van der Waals surface area contributed by atoms with Gasteiger partial charge in [-0.05, 0) is 32.4 Å². The summed E-state index contributed by atoms with van der Waals surface area (Å²) in [6.45, 7) is 7.45. The number of nitrogens with zero attached hydrogens (tertiary/aromatic N) is 1. The third-order valence-corrected chi connectivity index (χ3v) is 2.77. The highest BCUT2D eigenvalue weighted by Crippen LogP contribution is 2.28. The van der Waals surface area contributed by atoms with Crippen LogP contribution in [0.2, 0.25) is 0 Å². The lowest BCUT2D eigenvalue weighted by Crippen LogP contribution is -2.32. The number of aromatic hydroxyl groups is 1. The molecule has 0 bridgehead atoms. The molecule has 0 fully saturated rings. The summed E-state index contributed by atoms with van der Waals surface area (Å²) in [6, 6.07) is 8.03. The number of hydrogen-bond acceptors (Lipinski definition) is 2. The van der Waals surface area contributed by atoms with Crippen molar-refractivity contribution in [2.24, 2.45) is 0 Å². The van der Waals surface area contributed by atoms with Crippen molar-refractivity contribution in [3.8, 4) is 5.75 Å². The Morgan fingerprint density at radius 1 is 1.27 bits per heavy atom. The first-order valence-corrected chi connectivity index (χ1v) is 5.75. The molecule has 1 aromatic carbocycles. The average molecular weight is 207 g/mol. The van der Waals surface area contributed by atoms with Crippen LogP contribution in [0.1, 0.15) is 33.6 Å². The van der Waals surface area contributed by atoms with Crippen LogP contribution < -0.4 is 4.90 Å². The van der Waals surface area contributed by atoms with E-state index in [9.17, 15) is 5.11 Å². The second-order valence-electron chi connectivity index (χ2n) is 3.91. The van der Waals surface area contributed by atoms with Gasteiger partial charge in [0.25, 0.3) is 0 Å². The third kappa shape index (κ3) is 2.88. The van der Waals surface area contributed by atoms with Crippen molar-refractivity contribution >= 4 is 5.69 Å². The van der Waals surface area contributed by atoms with Crippen molar-refractivity contribution in [2.75, 3.05) is 11.4 Å². The predicted molar refractivity (Wildman–Crippen MR) is 65.5 cm³/mol. The molecule has 1 aromatic rings. The monoisotopic (exact) mass is 207 g/mol. The van der Waals surface area contributed by atoms with E-state index in [1.165, 1.54) is 6.42 Å². The topological polar surface area (TPSA) is 23.5 Å². The fraction of sp³-hybridized carbons (Fsp3) is 0.538. The Morgan fingerprint density at radius 2 is 1.93 bits per heavy atom. The van der Waals surface area contributed by atoms with E-state index in [1.54, 1.807) is 6.07 Å². The number of para-hydroxylation sites is 2. The predicted octanol–water partition coefficient (Wildman–Crippen LogP) is 3.41. The van der Waals surface area contributed by atoms with Crippen molar-refractivity contribution in [3.05, 3.63) is 24.3 Å². The molecule has 0 aromatic heterocycles. The molecule has 0 aliphatic rings. The van der Waals surface area contributed by atoms with Crippen LogP contribution in [0.5, 0.6) is 5.75 Å². The molecule has 0 aliphatic carbocycles. The molecule has 0 aliphatic heterocycles. The van der Waals surface area contributed by atoms with E-state index >= 15 is 0 Å². The molecule has 0 saturated carbocycles. The molecule has 0 spiro atoms. The van der Waals surface area contributed by atoms with Gasteiger partial charge in [0.15, 0.2) is 0 Å². The summed E-state index contributed by atoms with van der Waals surface area (Å²) in [5.74, 6) is 0.377. The zero-order valence-corrected chi connectivity index (χ0v) is 9.90. The van der Waals surface area contributed by atoms with Crippen LogP contribution in [0.25, 0.3) is 0 Å². The van der Waals surface area contributed by atoms with E-state index in [2.05, 4.69) is 25.7 Å². The minimum atomic E-state index is 0.377. The van der Waals surface area contributed by atoms with Gasteiger partial charge in [0.05, 0.1) is 5.69 Å². The van der Waals surface area contributed by atoms with Crippen molar-refractivity contribution in [1.82, 2.24) is 0 Å². The van der Waals surface area contributed by atoms with Gasteiger partial charge < -0.3 is 10.0 Å². The van der Waals surface area contributed by atoms with Gasteiger partial charge in [-0.3, -0.25) is 0 Å². The number of phenolic OH excluding ortho intramolecular Hbond substituents is 1. The summed E-state index contributed by atoms with van der Waals surface area (Å²) in [5, 5.41) is 9.79. The Balaban J connectivity index is 2.87. The molecule has 0 amide bonds. The molecule has 0 heterocycles. The lowest BCUT2D eigenvalue weighted by Gasteiger charge is -2.30. The summed E-state index contributed by atoms with van der Waals surface area (Å²) in [6.07, 6.45) is 2.33. The SMILES string of the molecule is CCCC(C)N(CC)c1ccccc1O. The minimum Gasteiger partial charge on any atom is -0.506 e. The summed E-state index contributed by atoms with van der Waals surface area (Å²) >= 11 is 0. The van der Waals surface area contributed by atoms with Crippen LogP contribution in [0.4, 0.5) is 5.69 Å². The van der Waals surface area contributed by atoms with Gasteiger partial charge in [-0.25, -0.2) is 0 Å². The zero-order chi connectivity index (χ0) is 11.3. The lowest BCUT2D eigenvalue weighted by molar-refractivity contribution is 0.469. The smallest absolute Gasteiger partial charge is 0.138 e. The van der Waals surface area contributed by atoms with Crippen LogP contribution >= 0.6 is 0 Å². The molecule has 1 atom stereocenters. The van der Waals surface area contributed by atoms with Gasteiger partial charge in [-0.15, -0.1) is 0 Å². The molecular weight excluding hydrogens is 186 g/mol. The maximum atomic E-state index is 9.79. The molecule has 2 nitrogen and oxygen atoms in total. The van der Waals surface area contributed by atoms with Gasteiger partial charge >= 0.3 is 0 Å². The number of phenols is 1. The van der Waals surface area contributed by atoms with Crippen LogP contribution in [-0.4, -0.2) is 17.7 Å². The van der Waals surface area contributed by atoms with Gasteiger partial charge in [-0.1, -0.05) is 25.5 Å². The first kappa shape index (κ1) is 11.9. The Labute approximate surface area is 92.5 Å². The van der Waals surface area contributed by atoms with E-state index in [0.29, 0.717) is 11.8 Å². The van der Waals surface area contributed by atoms with E-state index in [4.69, 9.17) is 0 Å². The molecule has 0 radical (unpaired) electrons. The number of anilines is 1. The van der Waals surface area contributed by atoms with E-state index < -0.39 is 0 Å². The molecule has 1 rings (SSSR count). The van der Waals surface area contributed by atoms with Gasteiger partial charge in [0.2, 0.25) is 0 Å². The Hall–Kier alpha value is -1.18. The van der Waals surface area contributed by atoms with Crippen molar-refractivity contribution in [2.45, 2.75) is 39.7 Å².